The van der Waals surface area contributed by atoms with Crippen molar-refractivity contribution >= 4 is 0 Å². The van der Waals surface area contributed by atoms with Crippen LogP contribution in [0.1, 0.15) is 5.56 Å². The minimum absolute atomic E-state index is 0.914. The van der Waals surface area contributed by atoms with Gasteiger partial charge in [-0.3, -0.25) is 0 Å². The summed E-state index contributed by atoms with van der Waals surface area (Å²) in [6, 6.07) is 8.13. The Kier molecular flexibility index (Phi) is 3.11. The fraction of sp³-hybridized carbons (Fsp3) is 0.400. The molecule has 0 aromatic heterocycles. The largest absolute Gasteiger partial charge is 0.497 e. The van der Waals surface area contributed by atoms with Crippen LogP contribution in [-0.4, -0.2) is 26.1 Å². The van der Waals surface area contributed by atoms with Crippen molar-refractivity contribution in [2.75, 3.05) is 21.2 Å². The first-order valence-electron chi connectivity index (χ1n) is 4.00. The Morgan fingerprint density at radius 3 is 2.17 bits per heavy atom. The van der Waals surface area contributed by atoms with Crippen molar-refractivity contribution in [3.8, 4) is 5.75 Å². The van der Waals surface area contributed by atoms with Crippen LogP contribution in [0.4, 0.5) is 0 Å². The molecule has 1 rings (SSSR count). The van der Waals surface area contributed by atoms with E-state index in [0.717, 1.165) is 12.3 Å². The highest BCUT2D eigenvalue weighted by Crippen LogP contribution is 2.11. The summed E-state index contributed by atoms with van der Waals surface area (Å²) in [7, 11) is 5.80. The number of nitrogens with zero attached hydrogens (tertiary/aromatic N) is 1. The highest BCUT2D eigenvalue weighted by Gasteiger charge is 1.94. The molecule has 0 aliphatic rings. The average Bonchev–Trinajstić information content (AvgIpc) is 2.05. The van der Waals surface area contributed by atoms with E-state index in [1.807, 2.05) is 12.1 Å². The van der Waals surface area contributed by atoms with Gasteiger partial charge < -0.3 is 9.64 Å². The number of hydrogen-bond donors (Lipinski definition) is 0. The van der Waals surface area contributed by atoms with E-state index in [9.17, 15) is 0 Å². The minimum Gasteiger partial charge on any atom is -0.497 e. The summed E-state index contributed by atoms with van der Waals surface area (Å²) < 4.78 is 5.06. The molecule has 0 amide bonds. The van der Waals surface area contributed by atoms with Crippen LogP contribution >= 0.6 is 0 Å². The van der Waals surface area contributed by atoms with Gasteiger partial charge in [0.1, 0.15) is 5.75 Å². The van der Waals surface area contributed by atoms with Crippen molar-refractivity contribution in [1.29, 1.82) is 0 Å². The van der Waals surface area contributed by atoms with Gasteiger partial charge in [0.2, 0.25) is 0 Å². The summed E-state index contributed by atoms with van der Waals surface area (Å²) in [5.74, 6) is 0.914. The molecule has 1 aromatic rings. The van der Waals surface area contributed by atoms with Crippen LogP contribution in [0, 0.1) is 0 Å². The Bertz CT molecular complexity index is 228. The van der Waals surface area contributed by atoms with E-state index in [1.54, 1.807) is 7.11 Å². The van der Waals surface area contributed by atoms with Crippen molar-refractivity contribution in [2.24, 2.45) is 0 Å². The zero-order valence-electron chi connectivity index (χ0n) is 7.87. The third-order valence-electron chi connectivity index (χ3n) is 1.66. The summed E-state index contributed by atoms with van der Waals surface area (Å²) >= 11 is 0. The maximum Gasteiger partial charge on any atom is 0.118 e. The van der Waals surface area contributed by atoms with Gasteiger partial charge in [-0.25, -0.2) is 0 Å². The van der Waals surface area contributed by atoms with Gasteiger partial charge in [-0.2, -0.15) is 0 Å². The topological polar surface area (TPSA) is 12.5 Å². The monoisotopic (exact) mass is 165 g/mol. The second-order valence-electron chi connectivity index (χ2n) is 3.09. The van der Waals surface area contributed by atoms with Crippen LogP contribution in [0.2, 0.25) is 0 Å². The van der Waals surface area contributed by atoms with E-state index >= 15 is 0 Å². The molecule has 0 atom stereocenters. The Balaban J connectivity index is 2.65. The number of benzene rings is 1. The third-order valence-corrected chi connectivity index (χ3v) is 1.66. The number of ether oxygens (including phenoxy) is 1. The van der Waals surface area contributed by atoms with Crippen LogP contribution in [-0.2, 0) is 6.54 Å². The zero-order valence-corrected chi connectivity index (χ0v) is 7.87. The molecule has 0 unspecified atom stereocenters. The first kappa shape index (κ1) is 9.07. The van der Waals surface area contributed by atoms with Gasteiger partial charge in [-0.15, -0.1) is 0 Å². The molecule has 0 radical (unpaired) electrons. The molecular formula is C10H15NO. The number of methoxy groups -OCH3 is 1. The van der Waals surface area contributed by atoms with Crippen LogP contribution in [0.3, 0.4) is 0 Å². The first-order valence-corrected chi connectivity index (χ1v) is 4.00. The molecule has 2 heteroatoms. The van der Waals surface area contributed by atoms with Gasteiger partial charge in [0, 0.05) is 6.54 Å². The van der Waals surface area contributed by atoms with Crippen LogP contribution in [0.5, 0.6) is 5.75 Å². The van der Waals surface area contributed by atoms with Crippen molar-refractivity contribution in [3.05, 3.63) is 29.8 Å². The standard InChI is InChI=1S/C10H15NO/c1-11(2)8-9-4-6-10(12-3)7-5-9/h4-7H,8H2,1-3H3. The van der Waals surface area contributed by atoms with Crippen molar-refractivity contribution < 1.29 is 4.74 Å². The maximum atomic E-state index is 5.06. The maximum absolute atomic E-state index is 5.06. The summed E-state index contributed by atoms with van der Waals surface area (Å²) in [6.45, 7) is 0.976. The molecule has 66 valence electrons. The third kappa shape index (κ3) is 2.55. The lowest BCUT2D eigenvalue weighted by Crippen LogP contribution is -2.10. The Morgan fingerprint density at radius 1 is 1.17 bits per heavy atom. The van der Waals surface area contributed by atoms with Crippen LogP contribution in [0.25, 0.3) is 0 Å². The minimum atomic E-state index is 0.914. The molecule has 0 bridgehead atoms. The fourth-order valence-corrected chi connectivity index (χ4v) is 1.10. The molecule has 0 N–H and O–H groups in total. The summed E-state index contributed by atoms with van der Waals surface area (Å²) in [6.07, 6.45) is 0. The molecule has 0 fully saturated rings. The molecule has 0 saturated heterocycles. The van der Waals surface area contributed by atoms with Crippen molar-refractivity contribution in [2.45, 2.75) is 6.54 Å². The smallest absolute Gasteiger partial charge is 0.118 e. The molecule has 12 heavy (non-hydrogen) atoms. The van der Waals surface area contributed by atoms with E-state index in [1.165, 1.54) is 5.56 Å². The van der Waals surface area contributed by atoms with E-state index in [-0.39, 0.29) is 0 Å². The lowest BCUT2D eigenvalue weighted by atomic mass is 10.2. The molecule has 1 aromatic carbocycles. The zero-order chi connectivity index (χ0) is 8.97. The molecule has 2 nitrogen and oxygen atoms in total. The molecule has 0 aliphatic heterocycles. The fourth-order valence-electron chi connectivity index (χ4n) is 1.10. The summed E-state index contributed by atoms with van der Waals surface area (Å²) in [5.41, 5.74) is 1.31. The summed E-state index contributed by atoms with van der Waals surface area (Å²) in [4.78, 5) is 2.14. The van der Waals surface area contributed by atoms with E-state index in [2.05, 4.69) is 31.1 Å². The van der Waals surface area contributed by atoms with Gasteiger partial charge in [-0.05, 0) is 31.8 Å². The van der Waals surface area contributed by atoms with Crippen molar-refractivity contribution in [3.63, 3.8) is 0 Å². The lowest BCUT2D eigenvalue weighted by molar-refractivity contribution is 0.399. The SMILES string of the molecule is COc1ccc(CN(C)C)cc1. The number of hydrogen-bond acceptors (Lipinski definition) is 2. The summed E-state index contributed by atoms with van der Waals surface area (Å²) in [5, 5.41) is 0. The predicted molar refractivity (Wildman–Crippen MR) is 50.4 cm³/mol. The highest BCUT2D eigenvalue weighted by molar-refractivity contribution is 5.26. The second-order valence-corrected chi connectivity index (χ2v) is 3.09. The van der Waals surface area contributed by atoms with E-state index in [4.69, 9.17) is 4.74 Å². The van der Waals surface area contributed by atoms with E-state index < -0.39 is 0 Å². The first-order chi connectivity index (χ1) is 5.72. The quantitative estimate of drug-likeness (QED) is 0.676. The van der Waals surface area contributed by atoms with Crippen LogP contribution in [0.15, 0.2) is 24.3 Å². The average molecular weight is 165 g/mol. The van der Waals surface area contributed by atoms with Gasteiger partial charge in [-0.1, -0.05) is 12.1 Å². The molecule has 0 spiro atoms. The Morgan fingerprint density at radius 2 is 1.75 bits per heavy atom. The molecule has 0 heterocycles. The van der Waals surface area contributed by atoms with Gasteiger partial charge in [0.05, 0.1) is 7.11 Å². The molecule has 0 saturated carbocycles. The van der Waals surface area contributed by atoms with E-state index in [0.29, 0.717) is 0 Å². The van der Waals surface area contributed by atoms with Crippen molar-refractivity contribution in [1.82, 2.24) is 4.90 Å². The lowest BCUT2D eigenvalue weighted by Gasteiger charge is -2.09. The van der Waals surface area contributed by atoms with Crippen LogP contribution < -0.4 is 4.74 Å². The second kappa shape index (κ2) is 4.12. The Labute approximate surface area is 73.8 Å². The highest BCUT2D eigenvalue weighted by atomic mass is 16.5. The van der Waals surface area contributed by atoms with Gasteiger partial charge in [0.15, 0.2) is 0 Å². The molecule has 0 aliphatic carbocycles. The molecular weight excluding hydrogens is 150 g/mol. The van der Waals surface area contributed by atoms with Gasteiger partial charge in [0.25, 0.3) is 0 Å². The number of rotatable bonds is 3. The van der Waals surface area contributed by atoms with Gasteiger partial charge >= 0.3 is 0 Å². The normalized spacial score (nSPS) is 10.3. The predicted octanol–water partition coefficient (Wildman–Crippen LogP) is 1.76. The Hall–Kier alpha value is -1.02.